The monoisotopic (exact) mass is 412 g/mol. The fourth-order valence-electron chi connectivity index (χ4n) is 4.48. The molecular formula is C21H21FN4O2S. The van der Waals surface area contributed by atoms with Crippen LogP contribution in [0, 0.1) is 5.82 Å². The van der Waals surface area contributed by atoms with E-state index in [1.165, 1.54) is 6.20 Å². The number of nitrogens with zero attached hydrogens (tertiary/aromatic N) is 4. The van der Waals surface area contributed by atoms with Gasteiger partial charge in [-0.3, -0.25) is 9.78 Å². The van der Waals surface area contributed by atoms with Crippen LogP contribution < -0.4 is 4.90 Å². The number of aromatic nitrogens is 2. The Morgan fingerprint density at radius 2 is 2.07 bits per heavy atom. The lowest BCUT2D eigenvalue weighted by Crippen LogP contribution is -2.56. The smallest absolute Gasteiger partial charge is 0.248 e. The molecule has 2 aliphatic rings. The van der Waals surface area contributed by atoms with Gasteiger partial charge in [0.05, 0.1) is 34.2 Å². The Morgan fingerprint density at radius 3 is 2.86 bits per heavy atom. The fourth-order valence-corrected chi connectivity index (χ4v) is 5.27. The van der Waals surface area contributed by atoms with Gasteiger partial charge in [-0.15, -0.1) is 11.3 Å². The summed E-state index contributed by atoms with van der Waals surface area (Å²) in [4.78, 5) is 24.9. The molecule has 2 atom stereocenters. The predicted molar refractivity (Wildman–Crippen MR) is 109 cm³/mol. The molecule has 6 nitrogen and oxygen atoms in total. The van der Waals surface area contributed by atoms with Crippen LogP contribution in [0.4, 0.5) is 10.1 Å². The molecule has 2 fully saturated rings. The normalized spacial score (nSPS) is 21.1. The molecule has 0 radical (unpaired) electrons. The summed E-state index contributed by atoms with van der Waals surface area (Å²) in [6.45, 7) is 1.65. The van der Waals surface area contributed by atoms with Gasteiger partial charge in [-0.2, -0.15) is 0 Å². The van der Waals surface area contributed by atoms with Crippen LogP contribution in [0.15, 0.2) is 42.2 Å². The summed E-state index contributed by atoms with van der Waals surface area (Å²) >= 11 is 1.58. The number of anilines is 1. The van der Waals surface area contributed by atoms with Crippen molar-refractivity contribution in [2.45, 2.75) is 31.5 Å². The minimum atomic E-state index is -0.301. The van der Waals surface area contributed by atoms with E-state index in [0.717, 1.165) is 28.6 Å². The number of halogens is 1. The third kappa shape index (κ3) is 3.47. The molecule has 0 saturated carbocycles. The van der Waals surface area contributed by atoms with Crippen molar-refractivity contribution in [3.05, 3.63) is 53.6 Å². The number of pyridine rings is 1. The van der Waals surface area contributed by atoms with Crippen LogP contribution >= 0.6 is 11.3 Å². The number of hydrogen-bond donors (Lipinski definition) is 0. The number of rotatable bonds is 5. The highest BCUT2D eigenvalue weighted by atomic mass is 32.1. The standard InChI is InChI=1S/C21H21FN4O2S/c22-17-8-23-7-6-19(17)26-15-4-5-16(26)10-25(9-15)20(27)12-28-11-14-2-1-3-18-21(14)29-13-24-18/h1-3,6-8,13,15-16H,4-5,9-12H2/t15-,16+. The van der Waals surface area contributed by atoms with Crippen molar-refractivity contribution in [2.24, 2.45) is 0 Å². The van der Waals surface area contributed by atoms with Crippen LogP contribution in [0.25, 0.3) is 10.2 Å². The van der Waals surface area contributed by atoms with Gasteiger partial charge in [0.1, 0.15) is 6.61 Å². The molecule has 3 aromatic rings. The number of fused-ring (bicyclic) bond motifs is 3. The second kappa shape index (κ2) is 7.68. The number of hydrogen-bond acceptors (Lipinski definition) is 6. The van der Waals surface area contributed by atoms with Crippen molar-refractivity contribution in [1.29, 1.82) is 0 Å². The van der Waals surface area contributed by atoms with E-state index in [-0.39, 0.29) is 30.4 Å². The van der Waals surface area contributed by atoms with Crippen molar-refractivity contribution < 1.29 is 13.9 Å². The van der Waals surface area contributed by atoms with E-state index in [1.807, 2.05) is 28.6 Å². The van der Waals surface area contributed by atoms with Gasteiger partial charge in [-0.05, 0) is 30.5 Å². The molecule has 2 bridgehead atoms. The summed E-state index contributed by atoms with van der Waals surface area (Å²) in [6.07, 6.45) is 4.80. The molecule has 0 unspecified atom stereocenters. The Kier molecular flexibility index (Phi) is 4.89. The van der Waals surface area contributed by atoms with Gasteiger partial charge < -0.3 is 14.5 Å². The first-order valence-corrected chi connectivity index (χ1v) is 10.6. The van der Waals surface area contributed by atoms with Crippen LogP contribution in [0.3, 0.4) is 0 Å². The summed E-state index contributed by atoms with van der Waals surface area (Å²) < 4.78 is 21.1. The molecule has 2 saturated heterocycles. The number of thiazole rings is 1. The second-order valence-electron chi connectivity index (χ2n) is 7.53. The summed E-state index contributed by atoms with van der Waals surface area (Å²) in [5.74, 6) is -0.307. The van der Waals surface area contributed by atoms with Gasteiger partial charge in [0.25, 0.3) is 0 Å². The van der Waals surface area contributed by atoms with E-state index >= 15 is 0 Å². The molecule has 0 spiro atoms. The van der Waals surface area contributed by atoms with Gasteiger partial charge in [-0.25, -0.2) is 9.37 Å². The molecule has 0 N–H and O–H groups in total. The van der Waals surface area contributed by atoms with Gasteiger partial charge in [-0.1, -0.05) is 12.1 Å². The quantitative estimate of drug-likeness (QED) is 0.644. The zero-order valence-corrected chi connectivity index (χ0v) is 16.6. The molecule has 4 heterocycles. The number of likely N-dealkylation sites (tertiary alicyclic amines) is 1. The number of carbonyl (C=O) groups is 1. The Hall–Kier alpha value is -2.58. The Morgan fingerprint density at radius 1 is 1.24 bits per heavy atom. The minimum Gasteiger partial charge on any atom is -0.367 e. The third-order valence-electron chi connectivity index (χ3n) is 5.79. The van der Waals surface area contributed by atoms with Crippen LogP contribution in [0.1, 0.15) is 18.4 Å². The second-order valence-corrected chi connectivity index (χ2v) is 8.38. The van der Waals surface area contributed by atoms with E-state index in [1.54, 1.807) is 23.6 Å². The minimum absolute atomic E-state index is 0.00627. The lowest BCUT2D eigenvalue weighted by atomic mass is 10.1. The van der Waals surface area contributed by atoms with Crippen LogP contribution in [-0.4, -0.2) is 52.6 Å². The first kappa shape index (κ1) is 18.4. The number of amides is 1. The van der Waals surface area contributed by atoms with Gasteiger partial charge in [0.15, 0.2) is 5.82 Å². The first-order chi connectivity index (χ1) is 14.2. The first-order valence-electron chi connectivity index (χ1n) is 9.75. The summed E-state index contributed by atoms with van der Waals surface area (Å²) in [7, 11) is 0. The Bertz CT molecular complexity index is 1030. The predicted octanol–water partition coefficient (Wildman–Crippen LogP) is 3.23. The van der Waals surface area contributed by atoms with Crippen LogP contribution in [0.5, 0.6) is 0 Å². The molecule has 150 valence electrons. The number of ether oxygens (including phenoxy) is 1. The lowest BCUT2D eigenvalue weighted by Gasteiger charge is -2.42. The van der Waals surface area contributed by atoms with Crippen molar-refractivity contribution in [2.75, 3.05) is 24.6 Å². The number of benzene rings is 1. The molecule has 1 amide bonds. The van der Waals surface area contributed by atoms with Crippen molar-refractivity contribution in [3.63, 3.8) is 0 Å². The van der Waals surface area contributed by atoms with Crippen molar-refractivity contribution >= 4 is 33.1 Å². The van der Waals surface area contributed by atoms with E-state index in [9.17, 15) is 9.18 Å². The van der Waals surface area contributed by atoms with E-state index in [2.05, 4.69) is 14.9 Å². The number of piperazine rings is 1. The SMILES string of the molecule is O=C(COCc1cccc2ncsc12)N1C[C@H]2CC[C@@H](C1)N2c1ccncc1F. The lowest BCUT2D eigenvalue weighted by molar-refractivity contribution is -0.137. The van der Waals surface area contributed by atoms with Gasteiger partial charge >= 0.3 is 0 Å². The van der Waals surface area contributed by atoms with Crippen LogP contribution in [-0.2, 0) is 16.1 Å². The molecule has 8 heteroatoms. The fraction of sp³-hybridized carbons (Fsp3) is 0.381. The average molecular weight is 412 g/mol. The maximum atomic E-state index is 14.2. The average Bonchev–Trinajstić information content (AvgIpc) is 3.30. The van der Waals surface area contributed by atoms with Crippen molar-refractivity contribution in [1.82, 2.24) is 14.9 Å². The summed E-state index contributed by atoms with van der Waals surface area (Å²) in [5, 5.41) is 0. The maximum absolute atomic E-state index is 14.2. The molecular weight excluding hydrogens is 391 g/mol. The van der Waals surface area contributed by atoms with E-state index < -0.39 is 0 Å². The molecule has 2 aliphatic heterocycles. The Labute approximate surface area is 171 Å². The largest absolute Gasteiger partial charge is 0.367 e. The molecule has 1 aromatic carbocycles. The summed E-state index contributed by atoms with van der Waals surface area (Å²) in [5.41, 5.74) is 4.42. The number of carbonyl (C=O) groups excluding carboxylic acids is 1. The summed E-state index contributed by atoms with van der Waals surface area (Å²) in [6, 6.07) is 7.94. The zero-order valence-electron chi connectivity index (χ0n) is 15.8. The van der Waals surface area contributed by atoms with Crippen LogP contribution in [0.2, 0.25) is 0 Å². The topological polar surface area (TPSA) is 58.6 Å². The highest BCUT2D eigenvalue weighted by Gasteiger charge is 2.42. The van der Waals surface area contributed by atoms with E-state index in [4.69, 9.17) is 4.74 Å². The van der Waals surface area contributed by atoms with E-state index in [0.29, 0.717) is 25.4 Å². The van der Waals surface area contributed by atoms with Crippen molar-refractivity contribution in [3.8, 4) is 0 Å². The third-order valence-corrected chi connectivity index (χ3v) is 6.70. The molecule has 2 aromatic heterocycles. The Balaban J connectivity index is 1.20. The highest BCUT2D eigenvalue weighted by molar-refractivity contribution is 7.16. The van der Waals surface area contributed by atoms with Gasteiger partial charge in [0, 0.05) is 31.4 Å². The molecule has 29 heavy (non-hydrogen) atoms. The molecule has 5 rings (SSSR count). The highest BCUT2D eigenvalue weighted by Crippen LogP contribution is 2.36. The maximum Gasteiger partial charge on any atom is 0.248 e. The zero-order chi connectivity index (χ0) is 19.8. The molecule has 0 aliphatic carbocycles. The van der Waals surface area contributed by atoms with Gasteiger partial charge in [0.2, 0.25) is 5.91 Å².